The summed E-state index contributed by atoms with van der Waals surface area (Å²) in [6.45, 7) is 1.96. The van der Waals surface area contributed by atoms with E-state index in [0.717, 1.165) is 34.0 Å². The normalized spacial score (nSPS) is 17.6. The lowest BCUT2D eigenvalue weighted by atomic mass is 9.88. The molecule has 0 aromatic heterocycles. The molecule has 1 atom stereocenters. The molecule has 0 radical (unpaired) electrons. The summed E-state index contributed by atoms with van der Waals surface area (Å²) >= 11 is 0. The van der Waals surface area contributed by atoms with E-state index >= 15 is 0 Å². The topological polar surface area (TPSA) is 43.1 Å². The maximum atomic E-state index is 13.2. The average molecular weight is 381 g/mol. The molecule has 0 saturated carbocycles. The molecule has 1 unspecified atom stereocenters. The number of benzene rings is 3. The fraction of sp³-hybridized carbons (Fsp3) is 0.174. The summed E-state index contributed by atoms with van der Waals surface area (Å²) in [7, 11) is 0. The SMILES string of the molecule is Cc1cc(C2CC(N)=C(c3cccc(C(F)(F)F)c3)C2=O)c2ccccc2c1. The number of allylic oxidation sites excluding steroid dienone is 2. The second kappa shape index (κ2) is 6.51. The third-order valence-corrected chi connectivity index (χ3v) is 5.20. The predicted octanol–water partition coefficient (Wildman–Crippen LogP) is 5.59. The molecule has 2 N–H and O–H groups in total. The summed E-state index contributed by atoms with van der Waals surface area (Å²) in [5.74, 6) is -0.720. The van der Waals surface area contributed by atoms with Crippen molar-refractivity contribution in [1.29, 1.82) is 0 Å². The second-order valence-electron chi connectivity index (χ2n) is 7.18. The van der Waals surface area contributed by atoms with E-state index in [1.807, 2.05) is 43.3 Å². The van der Waals surface area contributed by atoms with Gasteiger partial charge in [-0.05, 0) is 41.0 Å². The summed E-state index contributed by atoms with van der Waals surface area (Å²) in [5, 5.41) is 1.99. The highest BCUT2D eigenvalue weighted by Gasteiger charge is 2.36. The van der Waals surface area contributed by atoms with Gasteiger partial charge in [0.15, 0.2) is 5.78 Å². The number of hydrogen-bond acceptors (Lipinski definition) is 2. The van der Waals surface area contributed by atoms with Crippen LogP contribution in [0.3, 0.4) is 0 Å². The van der Waals surface area contributed by atoms with Crippen molar-refractivity contribution in [2.24, 2.45) is 5.73 Å². The summed E-state index contributed by atoms with van der Waals surface area (Å²) in [6.07, 6.45) is -4.17. The average Bonchev–Trinajstić information content (AvgIpc) is 2.94. The minimum atomic E-state index is -4.47. The molecule has 4 rings (SSSR count). The van der Waals surface area contributed by atoms with Gasteiger partial charge < -0.3 is 5.73 Å². The molecule has 0 saturated heterocycles. The Bertz CT molecular complexity index is 1130. The van der Waals surface area contributed by atoms with Crippen LogP contribution in [0.5, 0.6) is 0 Å². The molecule has 0 fully saturated rings. The zero-order chi connectivity index (χ0) is 20.1. The summed E-state index contributed by atoms with van der Waals surface area (Å²) < 4.78 is 39.2. The van der Waals surface area contributed by atoms with Crippen LogP contribution in [0.2, 0.25) is 0 Å². The maximum Gasteiger partial charge on any atom is 0.416 e. The van der Waals surface area contributed by atoms with Gasteiger partial charge in [-0.3, -0.25) is 4.79 Å². The highest BCUT2D eigenvalue weighted by Crippen LogP contribution is 2.42. The van der Waals surface area contributed by atoms with Crippen LogP contribution in [0.15, 0.2) is 66.4 Å². The summed E-state index contributed by atoms with van der Waals surface area (Å²) in [4.78, 5) is 13.2. The standard InChI is InChI=1S/C23H18F3NO/c1-13-9-14-5-2-3-8-17(14)18(10-13)19-12-20(27)21(22(19)28)15-6-4-7-16(11-15)23(24,25)26/h2-11,19H,12,27H2,1H3. The number of carbonyl (C=O) groups is 1. The van der Waals surface area contributed by atoms with Crippen LogP contribution >= 0.6 is 0 Å². The van der Waals surface area contributed by atoms with Crippen LogP contribution in [0.1, 0.15) is 34.6 Å². The number of carbonyl (C=O) groups excluding carboxylic acids is 1. The van der Waals surface area contributed by atoms with Crippen LogP contribution in [0.4, 0.5) is 13.2 Å². The minimum absolute atomic E-state index is 0.196. The van der Waals surface area contributed by atoms with Gasteiger partial charge in [0, 0.05) is 17.7 Å². The molecule has 0 spiro atoms. The Morgan fingerprint density at radius 2 is 1.75 bits per heavy atom. The lowest BCUT2D eigenvalue weighted by Gasteiger charge is -2.15. The fourth-order valence-corrected chi connectivity index (χ4v) is 3.96. The second-order valence-corrected chi connectivity index (χ2v) is 7.18. The number of rotatable bonds is 2. The van der Waals surface area contributed by atoms with Crippen LogP contribution in [0, 0.1) is 6.92 Å². The smallest absolute Gasteiger partial charge is 0.401 e. The quantitative estimate of drug-likeness (QED) is 0.628. The molecule has 28 heavy (non-hydrogen) atoms. The van der Waals surface area contributed by atoms with E-state index < -0.39 is 17.7 Å². The van der Waals surface area contributed by atoms with Gasteiger partial charge >= 0.3 is 6.18 Å². The van der Waals surface area contributed by atoms with Gasteiger partial charge in [-0.2, -0.15) is 13.2 Å². The van der Waals surface area contributed by atoms with Crippen molar-refractivity contribution in [1.82, 2.24) is 0 Å². The molecule has 0 amide bonds. The van der Waals surface area contributed by atoms with Crippen molar-refractivity contribution in [3.05, 3.63) is 88.6 Å². The van der Waals surface area contributed by atoms with Gasteiger partial charge in [0.05, 0.1) is 11.5 Å². The Hall–Kier alpha value is -3.08. The first-order valence-corrected chi connectivity index (χ1v) is 8.95. The number of hydrogen-bond donors (Lipinski definition) is 1. The first-order valence-electron chi connectivity index (χ1n) is 8.95. The largest absolute Gasteiger partial charge is 0.416 e. The molecule has 3 aromatic rings. The predicted molar refractivity (Wildman–Crippen MR) is 104 cm³/mol. The van der Waals surface area contributed by atoms with E-state index in [2.05, 4.69) is 0 Å². The Balaban J connectivity index is 1.78. The third kappa shape index (κ3) is 3.07. The summed E-state index contributed by atoms with van der Waals surface area (Å²) in [6, 6.07) is 16.6. The molecule has 0 aliphatic heterocycles. The van der Waals surface area contributed by atoms with Crippen LogP contribution in [-0.2, 0) is 11.0 Å². The van der Waals surface area contributed by atoms with Gasteiger partial charge in [-0.15, -0.1) is 0 Å². The van der Waals surface area contributed by atoms with Gasteiger partial charge in [0.2, 0.25) is 0 Å². The molecular weight excluding hydrogens is 363 g/mol. The first kappa shape index (κ1) is 18.3. The fourth-order valence-electron chi connectivity index (χ4n) is 3.96. The molecule has 5 heteroatoms. The van der Waals surface area contributed by atoms with E-state index in [4.69, 9.17) is 5.73 Å². The number of alkyl halides is 3. The molecule has 1 aliphatic carbocycles. The van der Waals surface area contributed by atoms with Crippen LogP contribution in [-0.4, -0.2) is 5.78 Å². The first-order chi connectivity index (χ1) is 13.3. The molecule has 0 bridgehead atoms. The van der Waals surface area contributed by atoms with E-state index in [0.29, 0.717) is 12.1 Å². The molecule has 142 valence electrons. The summed E-state index contributed by atoms with van der Waals surface area (Å²) in [5.41, 5.74) is 7.99. The van der Waals surface area contributed by atoms with Crippen LogP contribution in [0.25, 0.3) is 16.3 Å². The number of aryl methyl sites for hydroxylation is 1. The van der Waals surface area contributed by atoms with Gasteiger partial charge in [-0.1, -0.05) is 54.1 Å². The Morgan fingerprint density at radius 3 is 2.50 bits per heavy atom. The Kier molecular flexibility index (Phi) is 4.26. The molecule has 1 aliphatic rings. The van der Waals surface area contributed by atoms with Crippen molar-refractivity contribution >= 4 is 22.1 Å². The number of nitrogens with two attached hydrogens (primary N) is 1. The maximum absolute atomic E-state index is 13.2. The van der Waals surface area contributed by atoms with E-state index in [9.17, 15) is 18.0 Å². The van der Waals surface area contributed by atoms with Crippen molar-refractivity contribution < 1.29 is 18.0 Å². The Morgan fingerprint density at radius 1 is 1.00 bits per heavy atom. The Labute approximate surface area is 160 Å². The molecule has 2 nitrogen and oxygen atoms in total. The van der Waals surface area contributed by atoms with E-state index in [-0.39, 0.29) is 16.9 Å². The molecule has 0 heterocycles. The number of ketones is 1. The monoisotopic (exact) mass is 381 g/mol. The molecule has 3 aromatic carbocycles. The van der Waals surface area contributed by atoms with Crippen molar-refractivity contribution in [3.8, 4) is 0 Å². The lowest BCUT2D eigenvalue weighted by Crippen LogP contribution is -2.10. The zero-order valence-corrected chi connectivity index (χ0v) is 15.2. The number of halogens is 3. The zero-order valence-electron chi connectivity index (χ0n) is 15.2. The molecular formula is C23H18F3NO. The van der Waals surface area contributed by atoms with Crippen molar-refractivity contribution in [3.63, 3.8) is 0 Å². The van der Waals surface area contributed by atoms with Gasteiger partial charge in [0.1, 0.15) is 0 Å². The number of fused-ring (bicyclic) bond motifs is 1. The number of Topliss-reactive ketones (excluding diaryl/α,β-unsaturated/α-hetero) is 1. The highest BCUT2D eigenvalue weighted by molar-refractivity contribution is 6.27. The third-order valence-electron chi connectivity index (χ3n) is 5.20. The van der Waals surface area contributed by atoms with Gasteiger partial charge in [0.25, 0.3) is 0 Å². The highest BCUT2D eigenvalue weighted by atomic mass is 19.4. The van der Waals surface area contributed by atoms with Crippen molar-refractivity contribution in [2.45, 2.75) is 25.4 Å². The van der Waals surface area contributed by atoms with E-state index in [1.54, 1.807) is 0 Å². The van der Waals surface area contributed by atoms with Gasteiger partial charge in [-0.25, -0.2) is 0 Å². The lowest BCUT2D eigenvalue weighted by molar-refractivity contribution is -0.137. The minimum Gasteiger partial charge on any atom is -0.401 e. The van der Waals surface area contributed by atoms with Crippen LogP contribution < -0.4 is 5.73 Å². The van der Waals surface area contributed by atoms with E-state index in [1.165, 1.54) is 12.1 Å². The van der Waals surface area contributed by atoms with Crippen molar-refractivity contribution in [2.75, 3.05) is 0 Å².